The van der Waals surface area contributed by atoms with Crippen molar-refractivity contribution < 1.29 is 4.79 Å². The molecule has 110 valence electrons. The number of pyridine rings is 1. The van der Waals surface area contributed by atoms with Gasteiger partial charge in [0.05, 0.1) is 5.02 Å². The van der Waals surface area contributed by atoms with E-state index in [1.54, 1.807) is 12.1 Å². The number of benzene rings is 1. The van der Waals surface area contributed by atoms with Gasteiger partial charge in [-0.05, 0) is 50.1 Å². The predicted octanol–water partition coefficient (Wildman–Crippen LogP) is 3.79. The highest BCUT2D eigenvalue weighted by molar-refractivity contribution is 6.30. The lowest BCUT2D eigenvalue weighted by molar-refractivity contribution is -0.116. The summed E-state index contributed by atoms with van der Waals surface area (Å²) < 4.78 is 0. The average molecular weight is 304 g/mol. The van der Waals surface area contributed by atoms with E-state index >= 15 is 0 Å². The molecule has 1 atom stereocenters. The lowest BCUT2D eigenvalue weighted by Gasteiger charge is -2.17. The van der Waals surface area contributed by atoms with Gasteiger partial charge in [-0.1, -0.05) is 23.7 Å². The minimum Gasteiger partial charge on any atom is -0.374 e. The third-order valence-electron chi connectivity index (χ3n) is 3.14. The normalized spacial score (nSPS) is 11.8. The van der Waals surface area contributed by atoms with Crippen molar-refractivity contribution >= 4 is 29.0 Å². The first kappa shape index (κ1) is 15.3. The third kappa shape index (κ3) is 4.20. The Labute approximate surface area is 129 Å². The molecular formula is C16H18ClN3O. The first-order chi connectivity index (χ1) is 9.95. The third-order valence-corrected chi connectivity index (χ3v) is 3.36. The van der Waals surface area contributed by atoms with Gasteiger partial charge in [-0.15, -0.1) is 0 Å². The van der Waals surface area contributed by atoms with Crippen LogP contribution in [0, 0.1) is 13.8 Å². The number of aromatic nitrogens is 1. The van der Waals surface area contributed by atoms with Crippen LogP contribution in [-0.4, -0.2) is 16.9 Å². The molecule has 0 aliphatic heterocycles. The van der Waals surface area contributed by atoms with Gasteiger partial charge < -0.3 is 10.6 Å². The summed E-state index contributed by atoms with van der Waals surface area (Å²) in [5.74, 6) is 0.338. The van der Waals surface area contributed by atoms with Crippen LogP contribution in [0.2, 0.25) is 5.02 Å². The van der Waals surface area contributed by atoms with Gasteiger partial charge in [-0.3, -0.25) is 4.79 Å². The Morgan fingerprint density at radius 3 is 2.67 bits per heavy atom. The molecule has 0 saturated carbocycles. The number of aryl methyl sites for hydroxylation is 2. The van der Waals surface area contributed by atoms with Gasteiger partial charge in [-0.2, -0.15) is 0 Å². The van der Waals surface area contributed by atoms with E-state index in [0.29, 0.717) is 10.8 Å². The molecule has 1 aromatic heterocycles. The maximum atomic E-state index is 12.2. The Kier molecular flexibility index (Phi) is 4.81. The van der Waals surface area contributed by atoms with Crippen LogP contribution in [0.15, 0.2) is 36.5 Å². The molecule has 1 aromatic carbocycles. The molecular weight excluding hydrogens is 286 g/mol. The molecule has 21 heavy (non-hydrogen) atoms. The van der Waals surface area contributed by atoms with Crippen molar-refractivity contribution in [3.05, 3.63) is 52.7 Å². The van der Waals surface area contributed by atoms with Gasteiger partial charge in [0.2, 0.25) is 5.91 Å². The lowest BCUT2D eigenvalue weighted by Crippen LogP contribution is -2.32. The molecule has 1 heterocycles. The van der Waals surface area contributed by atoms with Gasteiger partial charge in [0.25, 0.3) is 0 Å². The van der Waals surface area contributed by atoms with E-state index in [0.717, 1.165) is 16.8 Å². The Morgan fingerprint density at radius 1 is 1.24 bits per heavy atom. The molecule has 2 N–H and O–H groups in total. The molecule has 0 spiro atoms. The van der Waals surface area contributed by atoms with Crippen LogP contribution < -0.4 is 10.6 Å². The topological polar surface area (TPSA) is 54.0 Å². The first-order valence-corrected chi connectivity index (χ1v) is 7.09. The molecule has 5 heteroatoms. The molecule has 0 fully saturated rings. The monoisotopic (exact) mass is 303 g/mol. The Balaban J connectivity index is 2.02. The van der Waals surface area contributed by atoms with Gasteiger partial charge in [0.15, 0.2) is 0 Å². The molecule has 0 unspecified atom stereocenters. The summed E-state index contributed by atoms with van der Waals surface area (Å²) in [6.45, 7) is 5.84. The van der Waals surface area contributed by atoms with Gasteiger partial charge in [-0.25, -0.2) is 4.98 Å². The number of hydrogen-bond acceptors (Lipinski definition) is 3. The van der Waals surface area contributed by atoms with E-state index in [-0.39, 0.29) is 11.9 Å². The number of carbonyl (C=O) groups excluding carboxylic acids is 1. The van der Waals surface area contributed by atoms with Crippen molar-refractivity contribution in [1.82, 2.24) is 4.98 Å². The van der Waals surface area contributed by atoms with Crippen LogP contribution in [0.1, 0.15) is 18.1 Å². The molecule has 0 aliphatic carbocycles. The number of hydrogen-bond donors (Lipinski definition) is 2. The van der Waals surface area contributed by atoms with Crippen LogP contribution in [0.4, 0.5) is 11.5 Å². The molecule has 0 radical (unpaired) electrons. The summed E-state index contributed by atoms with van der Waals surface area (Å²) in [4.78, 5) is 16.2. The first-order valence-electron chi connectivity index (χ1n) is 6.72. The fraction of sp³-hybridized carbons (Fsp3) is 0.250. The van der Waals surface area contributed by atoms with Crippen molar-refractivity contribution in [2.75, 3.05) is 10.6 Å². The molecule has 0 saturated heterocycles. The van der Waals surface area contributed by atoms with Crippen LogP contribution in [0.25, 0.3) is 0 Å². The van der Waals surface area contributed by atoms with Gasteiger partial charge in [0, 0.05) is 11.9 Å². The molecule has 2 rings (SSSR count). The zero-order valence-electron chi connectivity index (χ0n) is 12.3. The maximum absolute atomic E-state index is 12.2. The Bertz CT molecular complexity index is 640. The summed E-state index contributed by atoms with van der Waals surface area (Å²) in [6.07, 6.45) is 1.50. The zero-order valence-corrected chi connectivity index (χ0v) is 13.0. The predicted molar refractivity (Wildman–Crippen MR) is 86.9 cm³/mol. The second-order valence-electron chi connectivity index (χ2n) is 5.04. The number of rotatable bonds is 4. The van der Waals surface area contributed by atoms with E-state index in [4.69, 9.17) is 11.6 Å². The lowest BCUT2D eigenvalue weighted by atomic mass is 10.1. The fourth-order valence-electron chi connectivity index (χ4n) is 1.87. The summed E-state index contributed by atoms with van der Waals surface area (Å²) in [5.41, 5.74) is 3.21. The highest BCUT2D eigenvalue weighted by Gasteiger charge is 2.14. The second-order valence-corrected chi connectivity index (χ2v) is 5.47. The summed E-state index contributed by atoms with van der Waals surface area (Å²) in [5, 5.41) is 6.51. The molecule has 4 nitrogen and oxygen atoms in total. The van der Waals surface area contributed by atoms with Crippen molar-refractivity contribution in [1.29, 1.82) is 0 Å². The SMILES string of the molecule is Cc1ccc(C)c(N[C@@H](C)C(=O)Nc2ccc(Cl)cn2)c1. The average Bonchev–Trinajstić information content (AvgIpc) is 2.45. The number of nitrogens with one attached hydrogen (secondary N) is 2. The fourth-order valence-corrected chi connectivity index (χ4v) is 1.99. The molecule has 2 aromatic rings. The van der Waals surface area contributed by atoms with Gasteiger partial charge >= 0.3 is 0 Å². The van der Waals surface area contributed by atoms with Crippen molar-refractivity contribution in [3.63, 3.8) is 0 Å². The maximum Gasteiger partial charge on any atom is 0.247 e. The Hall–Kier alpha value is -2.07. The quantitative estimate of drug-likeness (QED) is 0.903. The van der Waals surface area contributed by atoms with Crippen LogP contribution in [0.5, 0.6) is 0 Å². The second kappa shape index (κ2) is 6.59. The number of anilines is 2. The van der Waals surface area contributed by atoms with E-state index in [9.17, 15) is 4.79 Å². The number of halogens is 1. The van der Waals surface area contributed by atoms with Crippen LogP contribution in [-0.2, 0) is 4.79 Å². The summed E-state index contributed by atoms with van der Waals surface area (Å²) in [7, 11) is 0. The standard InChI is InChI=1S/C16H18ClN3O/c1-10-4-5-11(2)14(8-10)19-12(3)16(21)20-15-7-6-13(17)9-18-15/h4-9,12,19H,1-3H3,(H,18,20,21)/t12-/m0/s1. The number of nitrogens with zero attached hydrogens (tertiary/aromatic N) is 1. The van der Waals surface area contributed by atoms with E-state index < -0.39 is 0 Å². The van der Waals surface area contributed by atoms with Crippen molar-refractivity contribution in [2.45, 2.75) is 26.8 Å². The number of amides is 1. The minimum absolute atomic E-state index is 0.147. The van der Waals surface area contributed by atoms with E-state index in [1.807, 2.05) is 39.0 Å². The minimum atomic E-state index is -0.372. The Morgan fingerprint density at radius 2 is 2.00 bits per heavy atom. The number of carbonyl (C=O) groups is 1. The summed E-state index contributed by atoms with van der Waals surface area (Å²) >= 11 is 5.76. The molecule has 0 bridgehead atoms. The smallest absolute Gasteiger partial charge is 0.247 e. The van der Waals surface area contributed by atoms with E-state index in [2.05, 4.69) is 15.6 Å². The van der Waals surface area contributed by atoms with Gasteiger partial charge in [0.1, 0.15) is 11.9 Å². The van der Waals surface area contributed by atoms with Crippen LogP contribution >= 0.6 is 11.6 Å². The zero-order chi connectivity index (χ0) is 15.4. The molecule has 0 aliphatic rings. The van der Waals surface area contributed by atoms with Crippen LogP contribution in [0.3, 0.4) is 0 Å². The summed E-state index contributed by atoms with van der Waals surface area (Å²) in [6, 6.07) is 9.09. The van der Waals surface area contributed by atoms with E-state index in [1.165, 1.54) is 6.20 Å². The molecule has 1 amide bonds. The van der Waals surface area contributed by atoms with Crippen molar-refractivity contribution in [3.8, 4) is 0 Å². The highest BCUT2D eigenvalue weighted by atomic mass is 35.5. The largest absolute Gasteiger partial charge is 0.374 e. The highest BCUT2D eigenvalue weighted by Crippen LogP contribution is 2.18. The van der Waals surface area contributed by atoms with Crippen molar-refractivity contribution in [2.24, 2.45) is 0 Å².